The number of ether oxygens (including phenoxy) is 1. The van der Waals surface area contributed by atoms with Crippen molar-refractivity contribution in [2.24, 2.45) is 23.2 Å². The molecule has 0 aromatic heterocycles. The zero-order chi connectivity index (χ0) is 12.3. The van der Waals surface area contributed by atoms with Gasteiger partial charge in [-0.1, -0.05) is 6.42 Å². The standard InChI is InChI=1S/C15H22O3/c16-14(17)15(8-12-3-4-13(15)18-12)7-11-6-9-1-2-10(11)5-9/h9-13H,1-8H2,(H,16,17). The minimum absolute atomic E-state index is 0.0131. The summed E-state index contributed by atoms with van der Waals surface area (Å²) >= 11 is 0. The fraction of sp³-hybridized carbons (Fsp3) is 0.933. The Morgan fingerprint density at radius 3 is 2.61 bits per heavy atom. The van der Waals surface area contributed by atoms with Crippen LogP contribution in [0.3, 0.4) is 0 Å². The third-order valence-electron chi connectivity index (χ3n) is 6.25. The minimum atomic E-state index is -0.586. The molecule has 6 atom stereocenters. The average Bonchev–Trinajstić information content (AvgIpc) is 3.08. The number of rotatable bonds is 3. The Bertz CT molecular complexity index is 380. The topological polar surface area (TPSA) is 46.5 Å². The summed E-state index contributed by atoms with van der Waals surface area (Å²) in [6, 6.07) is 0. The fourth-order valence-electron chi connectivity index (χ4n) is 5.42. The molecule has 18 heavy (non-hydrogen) atoms. The van der Waals surface area contributed by atoms with Gasteiger partial charge in [-0.25, -0.2) is 0 Å². The van der Waals surface area contributed by atoms with E-state index in [9.17, 15) is 9.90 Å². The van der Waals surface area contributed by atoms with Crippen molar-refractivity contribution in [1.29, 1.82) is 0 Å². The van der Waals surface area contributed by atoms with E-state index >= 15 is 0 Å². The van der Waals surface area contributed by atoms with E-state index in [1.807, 2.05) is 0 Å². The molecule has 4 bridgehead atoms. The molecule has 2 aliphatic heterocycles. The molecule has 100 valence electrons. The molecule has 0 amide bonds. The van der Waals surface area contributed by atoms with Crippen molar-refractivity contribution in [3.05, 3.63) is 0 Å². The van der Waals surface area contributed by atoms with Crippen LogP contribution in [0.1, 0.15) is 51.4 Å². The summed E-state index contributed by atoms with van der Waals surface area (Å²) in [4.78, 5) is 11.8. The van der Waals surface area contributed by atoms with Crippen LogP contribution in [0.4, 0.5) is 0 Å². The van der Waals surface area contributed by atoms with E-state index in [1.165, 1.54) is 25.7 Å². The highest BCUT2D eigenvalue weighted by Gasteiger charge is 2.59. The summed E-state index contributed by atoms with van der Waals surface area (Å²) in [5, 5.41) is 9.74. The smallest absolute Gasteiger partial charge is 0.312 e. The molecule has 3 heteroatoms. The van der Waals surface area contributed by atoms with Crippen molar-refractivity contribution >= 4 is 5.97 Å². The molecule has 6 unspecified atom stereocenters. The predicted octanol–water partition coefficient (Wildman–Crippen LogP) is 2.84. The van der Waals surface area contributed by atoms with Gasteiger partial charge in [0.2, 0.25) is 0 Å². The van der Waals surface area contributed by atoms with Gasteiger partial charge in [0.25, 0.3) is 0 Å². The number of carboxylic acids is 1. The van der Waals surface area contributed by atoms with Gasteiger partial charge in [-0.15, -0.1) is 0 Å². The Labute approximate surface area is 108 Å². The second-order valence-corrected chi connectivity index (χ2v) is 7.13. The van der Waals surface area contributed by atoms with Crippen LogP contribution in [-0.2, 0) is 9.53 Å². The Morgan fingerprint density at radius 1 is 1.22 bits per heavy atom. The molecule has 2 saturated heterocycles. The zero-order valence-electron chi connectivity index (χ0n) is 10.8. The van der Waals surface area contributed by atoms with Crippen LogP contribution < -0.4 is 0 Å². The van der Waals surface area contributed by atoms with Crippen LogP contribution in [0.2, 0.25) is 0 Å². The molecule has 2 saturated carbocycles. The number of hydrogen-bond donors (Lipinski definition) is 1. The maximum Gasteiger partial charge on any atom is 0.312 e. The molecule has 3 nitrogen and oxygen atoms in total. The first-order valence-electron chi connectivity index (χ1n) is 7.56. The van der Waals surface area contributed by atoms with Crippen LogP contribution >= 0.6 is 0 Å². The molecule has 0 aromatic rings. The van der Waals surface area contributed by atoms with Gasteiger partial charge in [0, 0.05) is 0 Å². The molecule has 0 aromatic carbocycles. The minimum Gasteiger partial charge on any atom is -0.481 e. The summed E-state index contributed by atoms with van der Waals surface area (Å²) in [6.45, 7) is 0. The molecular formula is C15H22O3. The second kappa shape index (κ2) is 3.72. The van der Waals surface area contributed by atoms with Crippen LogP contribution in [0.5, 0.6) is 0 Å². The third-order valence-corrected chi connectivity index (χ3v) is 6.25. The highest BCUT2D eigenvalue weighted by Crippen LogP contribution is 2.57. The van der Waals surface area contributed by atoms with E-state index in [0.717, 1.165) is 37.5 Å². The number of hydrogen-bond acceptors (Lipinski definition) is 2. The first kappa shape index (κ1) is 11.3. The second-order valence-electron chi connectivity index (χ2n) is 7.13. The van der Waals surface area contributed by atoms with Gasteiger partial charge in [-0.2, -0.15) is 0 Å². The normalized spacial score (nSPS) is 53.2. The summed E-state index contributed by atoms with van der Waals surface area (Å²) in [5.41, 5.74) is -0.530. The van der Waals surface area contributed by atoms with Gasteiger partial charge in [-0.05, 0) is 62.7 Å². The lowest BCUT2D eigenvalue weighted by atomic mass is 9.66. The van der Waals surface area contributed by atoms with Crippen LogP contribution in [0.25, 0.3) is 0 Å². The fourth-order valence-corrected chi connectivity index (χ4v) is 5.42. The van der Waals surface area contributed by atoms with E-state index in [1.54, 1.807) is 0 Å². The number of fused-ring (bicyclic) bond motifs is 4. The van der Waals surface area contributed by atoms with E-state index in [2.05, 4.69) is 0 Å². The Hall–Kier alpha value is -0.570. The maximum absolute atomic E-state index is 11.8. The van der Waals surface area contributed by atoms with Crippen LogP contribution in [-0.4, -0.2) is 23.3 Å². The lowest BCUT2D eigenvalue weighted by molar-refractivity contribution is -0.154. The van der Waals surface area contributed by atoms with Crippen molar-refractivity contribution in [2.75, 3.05) is 0 Å². The Morgan fingerprint density at radius 2 is 2.11 bits per heavy atom. The van der Waals surface area contributed by atoms with E-state index in [-0.39, 0.29) is 12.2 Å². The molecule has 4 rings (SSSR count). The molecule has 4 fully saturated rings. The maximum atomic E-state index is 11.8. The summed E-state index contributed by atoms with van der Waals surface area (Å²) in [6.07, 6.45) is 9.37. The Kier molecular flexibility index (Phi) is 2.33. The first-order valence-corrected chi connectivity index (χ1v) is 7.56. The molecule has 0 radical (unpaired) electrons. The molecule has 1 N–H and O–H groups in total. The molecule has 4 aliphatic rings. The van der Waals surface area contributed by atoms with Gasteiger partial charge in [-0.3, -0.25) is 4.79 Å². The van der Waals surface area contributed by atoms with Gasteiger partial charge < -0.3 is 9.84 Å². The van der Waals surface area contributed by atoms with Crippen molar-refractivity contribution in [1.82, 2.24) is 0 Å². The lowest BCUT2D eigenvalue weighted by Crippen LogP contribution is -2.42. The van der Waals surface area contributed by atoms with E-state index < -0.39 is 11.4 Å². The van der Waals surface area contributed by atoms with Crippen LogP contribution in [0.15, 0.2) is 0 Å². The van der Waals surface area contributed by atoms with E-state index in [0.29, 0.717) is 5.92 Å². The lowest BCUT2D eigenvalue weighted by Gasteiger charge is -2.35. The number of carboxylic acid groups (broad SMARTS) is 1. The summed E-state index contributed by atoms with van der Waals surface area (Å²) in [5.74, 6) is 1.82. The molecule has 2 aliphatic carbocycles. The number of carbonyl (C=O) groups is 1. The highest BCUT2D eigenvalue weighted by molar-refractivity contribution is 5.76. The van der Waals surface area contributed by atoms with Crippen molar-refractivity contribution in [3.8, 4) is 0 Å². The third kappa shape index (κ3) is 1.43. The monoisotopic (exact) mass is 250 g/mol. The van der Waals surface area contributed by atoms with E-state index in [4.69, 9.17) is 4.74 Å². The predicted molar refractivity (Wildman–Crippen MR) is 66.1 cm³/mol. The van der Waals surface area contributed by atoms with Gasteiger partial charge in [0.1, 0.15) is 0 Å². The summed E-state index contributed by atoms with van der Waals surface area (Å²) < 4.78 is 5.86. The molecule has 2 heterocycles. The SMILES string of the molecule is O=C(O)C1(CC2CC3CCC2C3)CC2CCC1O2. The Balaban J connectivity index is 1.55. The largest absolute Gasteiger partial charge is 0.481 e. The van der Waals surface area contributed by atoms with Crippen LogP contribution in [0, 0.1) is 23.2 Å². The first-order chi connectivity index (χ1) is 8.67. The van der Waals surface area contributed by atoms with Gasteiger partial charge >= 0.3 is 5.97 Å². The highest BCUT2D eigenvalue weighted by atomic mass is 16.5. The van der Waals surface area contributed by atoms with Gasteiger partial charge in [0.15, 0.2) is 0 Å². The number of aliphatic carboxylic acids is 1. The zero-order valence-corrected chi connectivity index (χ0v) is 10.8. The summed E-state index contributed by atoms with van der Waals surface area (Å²) in [7, 11) is 0. The van der Waals surface area contributed by atoms with Gasteiger partial charge in [0.05, 0.1) is 17.6 Å². The quantitative estimate of drug-likeness (QED) is 0.837. The molecular weight excluding hydrogens is 228 g/mol. The van der Waals surface area contributed by atoms with Crippen molar-refractivity contribution in [2.45, 2.75) is 63.6 Å². The van der Waals surface area contributed by atoms with Crippen molar-refractivity contribution < 1.29 is 14.6 Å². The molecule has 0 spiro atoms. The van der Waals surface area contributed by atoms with Crippen molar-refractivity contribution in [3.63, 3.8) is 0 Å². The average molecular weight is 250 g/mol.